The van der Waals surface area contributed by atoms with E-state index in [1.54, 1.807) is 18.2 Å². The van der Waals surface area contributed by atoms with E-state index in [2.05, 4.69) is 15.5 Å². The molecule has 1 fully saturated rings. The average Bonchev–Trinajstić information content (AvgIpc) is 2.98. The number of nitrogens with one attached hydrogen (secondary N) is 1. The number of para-hydroxylation sites is 1. The maximum absolute atomic E-state index is 11.0. The molecule has 0 saturated carbocycles. The minimum atomic E-state index is -0.441. The number of nitro benzene ring substituents is 1. The van der Waals surface area contributed by atoms with Crippen LogP contribution in [0.3, 0.4) is 0 Å². The van der Waals surface area contributed by atoms with Gasteiger partial charge >= 0.3 is 0 Å². The summed E-state index contributed by atoms with van der Waals surface area (Å²) >= 11 is 0. The Labute approximate surface area is 115 Å². The predicted octanol–water partition coefficient (Wildman–Crippen LogP) is 2.11. The lowest BCUT2D eigenvalue weighted by molar-refractivity contribution is -0.384. The Bertz CT molecular complexity index is 620. The highest BCUT2D eigenvalue weighted by Gasteiger charge is 2.24. The summed E-state index contributed by atoms with van der Waals surface area (Å²) in [5, 5.41) is 18.3. The average molecular weight is 274 g/mol. The van der Waals surface area contributed by atoms with Crippen molar-refractivity contribution < 1.29 is 9.45 Å². The van der Waals surface area contributed by atoms with Crippen molar-refractivity contribution in [3.05, 3.63) is 40.2 Å². The molecule has 0 aliphatic carbocycles. The first-order valence-corrected chi connectivity index (χ1v) is 6.54. The lowest BCUT2D eigenvalue weighted by atomic mass is 9.98. The van der Waals surface area contributed by atoms with Gasteiger partial charge in [-0.25, -0.2) is 0 Å². The van der Waals surface area contributed by atoms with Gasteiger partial charge in [0.1, 0.15) is 5.56 Å². The smallest absolute Gasteiger partial charge is 0.282 e. The lowest BCUT2D eigenvalue weighted by Gasteiger charge is -2.18. The summed E-state index contributed by atoms with van der Waals surface area (Å²) in [5.74, 6) is 1.11. The van der Waals surface area contributed by atoms with Gasteiger partial charge < -0.3 is 9.84 Å². The van der Waals surface area contributed by atoms with Gasteiger partial charge in [0, 0.05) is 12.0 Å². The minimum Gasteiger partial charge on any atom is -0.334 e. The van der Waals surface area contributed by atoms with Gasteiger partial charge in [-0.3, -0.25) is 10.1 Å². The highest BCUT2D eigenvalue weighted by atomic mass is 16.6. The first kappa shape index (κ1) is 12.7. The standard InChI is InChI=1S/C13H14N4O3/c18-17(19)11-4-2-1-3-10(11)13-15-12(16-20-13)9-5-7-14-8-6-9/h1-4,9,14H,5-8H2. The van der Waals surface area contributed by atoms with Crippen LogP contribution in [0, 0.1) is 10.1 Å². The molecule has 0 amide bonds. The van der Waals surface area contributed by atoms with E-state index in [1.807, 2.05) is 0 Å². The summed E-state index contributed by atoms with van der Waals surface area (Å²) in [6, 6.07) is 6.39. The quantitative estimate of drug-likeness (QED) is 0.680. The maximum Gasteiger partial charge on any atom is 0.282 e. The fourth-order valence-electron chi connectivity index (χ4n) is 2.40. The molecule has 1 N–H and O–H groups in total. The van der Waals surface area contributed by atoms with Crippen molar-refractivity contribution in [1.29, 1.82) is 0 Å². The SMILES string of the molecule is O=[N+]([O-])c1ccccc1-c1nc(C2CCNCC2)no1. The molecule has 2 heterocycles. The highest BCUT2D eigenvalue weighted by molar-refractivity contribution is 5.66. The first-order valence-electron chi connectivity index (χ1n) is 6.54. The van der Waals surface area contributed by atoms with Crippen molar-refractivity contribution in [3.63, 3.8) is 0 Å². The van der Waals surface area contributed by atoms with Crippen LogP contribution in [0.4, 0.5) is 5.69 Å². The highest BCUT2D eigenvalue weighted by Crippen LogP contribution is 2.30. The zero-order chi connectivity index (χ0) is 13.9. The van der Waals surface area contributed by atoms with Crippen LogP contribution >= 0.6 is 0 Å². The normalized spacial score (nSPS) is 16.2. The van der Waals surface area contributed by atoms with Crippen molar-refractivity contribution in [3.8, 4) is 11.5 Å². The van der Waals surface area contributed by atoms with Crippen LogP contribution in [0.2, 0.25) is 0 Å². The number of hydrogen-bond acceptors (Lipinski definition) is 6. The molecule has 0 atom stereocenters. The second-order valence-corrected chi connectivity index (χ2v) is 4.76. The summed E-state index contributed by atoms with van der Waals surface area (Å²) < 4.78 is 5.21. The van der Waals surface area contributed by atoms with Crippen LogP contribution in [0.1, 0.15) is 24.6 Å². The van der Waals surface area contributed by atoms with Crippen LogP contribution in [-0.4, -0.2) is 28.2 Å². The van der Waals surface area contributed by atoms with E-state index in [0.29, 0.717) is 11.4 Å². The van der Waals surface area contributed by atoms with E-state index < -0.39 is 4.92 Å². The van der Waals surface area contributed by atoms with Crippen LogP contribution < -0.4 is 5.32 Å². The van der Waals surface area contributed by atoms with E-state index in [0.717, 1.165) is 25.9 Å². The number of nitro groups is 1. The molecular weight excluding hydrogens is 260 g/mol. The third kappa shape index (κ3) is 2.39. The molecule has 0 unspecified atom stereocenters. The number of benzene rings is 1. The van der Waals surface area contributed by atoms with Crippen molar-refractivity contribution in [2.24, 2.45) is 0 Å². The maximum atomic E-state index is 11.0. The predicted molar refractivity (Wildman–Crippen MR) is 71.2 cm³/mol. The van der Waals surface area contributed by atoms with Crippen molar-refractivity contribution in [1.82, 2.24) is 15.5 Å². The van der Waals surface area contributed by atoms with E-state index in [-0.39, 0.29) is 17.5 Å². The molecule has 1 saturated heterocycles. The molecule has 7 heteroatoms. The molecule has 0 spiro atoms. The fraction of sp³-hybridized carbons (Fsp3) is 0.385. The number of hydrogen-bond donors (Lipinski definition) is 1. The zero-order valence-electron chi connectivity index (χ0n) is 10.8. The van der Waals surface area contributed by atoms with Crippen molar-refractivity contribution >= 4 is 5.69 Å². The van der Waals surface area contributed by atoms with E-state index in [1.165, 1.54) is 6.07 Å². The Morgan fingerprint density at radius 3 is 2.80 bits per heavy atom. The molecule has 7 nitrogen and oxygen atoms in total. The van der Waals surface area contributed by atoms with Gasteiger partial charge in [-0.15, -0.1) is 0 Å². The molecule has 1 aromatic heterocycles. The molecule has 1 aliphatic rings. The van der Waals surface area contributed by atoms with Gasteiger partial charge in [0.05, 0.1) is 4.92 Å². The molecule has 20 heavy (non-hydrogen) atoms. The van der Waals surface area contributed by atoms with Crippen LogP contribution in [-0.2, 0) is 0 Å². The summed E-state index contributed by atoms with van der Waals surface area (Å²) in [6.45, 7) is 1.86. The number of piperidine rings is 1. The molecule has 1 aliphatic heterocycles. The topological polar surface area (TPSA) is 94.1 Å². The van der Waals surface area contributed by atoms with Crippen molar-refractivity contribution in [2.75, 3.05) is 13.1 Å². The molecule has 0 bridgehead atoms. The Kier molecular flexibility index (Phi) is 3.42. The molecule has 104 valence electrons. The number of nitrogens with zero attached hydrogens (tertiary/aromatic N) is 3. The van der Waals surface area contributed by atoms with Gasteiger partial charge in [0.15, 0.2) is 5.82 Å². The Balaban J connectivity index is 1.92. The number of rotatable bonds is 3. The monoisotopic (exact) mass is 274 g/mol. The molecule has 0 radical (unpaired) electrons. The molecule has 2 aromatic rings. The summed E-state index contributed by atoms with van der Waals surface area (Å²) in [7, 11) is 0. The largest absolute Gasteiger partial charge is 0.334 e. The first-order chi connectivity index (χ1) is 9.75. The second-order valence-electron chi connectivity index (χ2n) is 4.76. The summed E-state index contributed by atoms with van der Waals surface area (Å²) in [5.41, 5.74) is 0.346. The summed E-state index contributed by atoms with van der Waals surface area (Å²) in [4.78, 5) is 14.9. The Morgan fingerprint density at radius 2 is 2.05 bits per heavy atom. The van der Waals surface area contributed by atoms with Crippen LogP contribution in [0.5, 0.6) is 0 Å². The Morgan fingerprint density at radius 1 is 1.30 bits per heavy atom. The van der Waals surface area contributed by atoms with Crippen molar-refractivity contribution in [2.45, 2.75) is 18.8 Å². The van der Waals surface area contributed by atoms with Crippen LogP contribution in [0.25, 0.3) is 11.5 Å². The fourth-order valence-corrected chi connectivity index (χ4v) is 2.40. The van der Waals surface area contributed by atoms with E-state index in [9.17, 15) is 10.1 Å². The van der Waals surface area contributed by atoms with E-state index >= 15 is 0 Å². The molecule has 3 rings (SSSR count). The second kappa shape index (κ2) is 5.38. The van der Waals surface area contributed by atoms with Gasteiger partial charge in [0.2, 0.25) is 0 Å². The van der Waals surface area contributed by atoms with Gasteiger partial charge in [0.25, 0.3) is 11.6 Å². The summed E-state index contributed by atoms with van der Waals surface area (Å²) in [6.07, 6.45) is 1.91. The van der Waals surface area contributed by atoms with Gasteiger partial charge in [-0.2, -0.15) is 4.98 Å². The van der Waals surface area contributed by atoms with Crippen LogP contribution in [0.15, 0.2) is 28.8 Å². The number of aromatic nitrogens is 2. The Hall–Kier alpha value is -2.28. The lowest BCUT2D eigenvalue weighted by Crippen LogP contribution is -2.27. The van der Waals surface area contributed by atoms with Gasteiger partial charge in [-0.1, -0.05) is 17.3 Å². The van der Waals surface area contributed by atoms with E-state index in [4.69, 9.17) is 4.52 Å². The van der Waals surface area contributed by atoms with Gasteiger partial charge in [-0.05, 0) is 32.0 Å². The molecule has 1 aromatic carbocycles. The third-order valence-electron chi connectivity index (χ3n) is 3.48. The molecular formula is C13H14N4O3. The minimum absolute atomic E-state index is 0.0204. The zero-order valence-corrected chi connectivity index (χ0v) is 10.8. The third-order valence-corrected chi connectivity index (χ3v) is 3.48.